The lowest BCUT2D eigenvalue weighted by Crippen LogP contribution is -2.34. The Morgan fingerprint density at radius 1 is 0.905 bits per heavy atom. The molecule has 2 N–H and O–H groups in total. The highest BCUT2D eigenvalue weighted by molar-refractivity contribution is 6.42. The van der Waals surface area contributed by atoms with Crippen LogP contribution in [-0.4, -0.2) is 11.8 Å². The molecule has 0 heterocycles. The molecule has 6 heteroatoms. The molecule has 108 valence electrons. The molecule has 0 bridgehead atoms. The quantitative estimate of drug-likeness (QED) is 0.852. The summed E-state index contributed by atoms with van der Waals surface area (Å²) in [4.78, 5) is 23.4. The van der Waals surface area contributed by atoms with E-state index >= 15 is 0 Å². The minimum Gasteiger partial charge on any atom is -0.344 e. The van der Waals surface area contributed by atoms with Crippen molar-refractivity contribution in [2.24, 2.45) is 0 Å². The van der Waals surface area contributed by atoms with Crippen LogP contribution in [0.15, 0.2) is 48.5 Å². The van der Waals surface area contributed by atoms with E-state index in [4.69, 9.17) is 23.2 Å². The van der Waals surface area contributed by atoms with E-state index < -0.39 is 11.8 Å². The zero-order valence-electron chi connectivity index (χ0n) is 10.9. The Balaban J connectivity index is 1.90. The number of halogens is 2. The Labute approximate surface area is 132 Å². The maximum Gasteiger partial charge on any atom is 0.313 e. The highest BCUT2D eigenvalue weighted by Gasteiger charge is 2.13. The highest BCUT2D eigenvalue weighted by atomic mass is 35.5. The van der Waals surface area contributed by atoms with Crippen LogP contribution < -0.4 is 10.6 Å². The monoisotopic (exact) mass is 322 g/mol. The summed E-state index contributed by atoms with van der Waals surface area (Å²) >= 11 is 11.6. The minimum absolute atomic E-state index is 0.286. The number of nitrogens with one attached hydrogen (secondary N) is 2. The van der Waals surface area contributed by atoms with Gasteiger partial charge in [0, 0.05) is 12.2 Å². The Hall–Kier alpha value is -2.04. The van der Waals surface area contributed by atoms with Gasteiger partial charge in [-0.3, -0.25) is 9.59 Å². The van der Waals surface area contributed by atoms with Gasteiger partial charge in [-0.1, -0.05) is 53.5 Å². The maximum absolute atomic E-state index is 11.7. The number of benzene rings is 2. The summed E-state index contributed by atoms with van der Waals surface area (Å²) in [7, 11) is 0. The largest absolute Gasteiger partial charge is 0.344 e. The van der Waals surface area contributed by atoms with Crippen molar-refractivity contribution >= 4 is 40.7 Å². The summed E-state index contributed by atoms with van der Waals surface area (Å²) in [5.41, 5.74) is 1.32. The van der Waals surface area contributed by atoms with Gasteiger partial charge in [-0.25, -0.2) is 0 Å². The van der Waals surface area contributed by atoms with E-state index in [-0.39, 0.29) is 6.54 Å². The van der Waals surface area contributed by atoms with Gasteiger partial charge in [-0.2, -0.15) is 0 Å². The number of carbonyl (C=O) groups is 2. The molecular formula is C15H12Cl2N2O2. The van der Waals surface area contributed by atoms with Crippen LogP contribution in [0, 0.1) is 0 Å². The van der Waals surface area contributed by atoms with Crippen molar-refractivity contribution in [1.82, 2.24) is 5.32 Å². The predicted molar refractivity (Wildman–Crippen MR) is 83.4 cm³/mol. The van der Waals surface area contributed by atoms with Gasteiger partial charge in [-0.05, 0) is 23.8 Å². The van der Waals surface area contributed by atoms with Crippen molar-refractivity contribution in [2.75, 3.05) is 5.32 Å². The molecule has 2 rings (SSSR count). The van der Waals surface area contributed by atoms with Crippen molar-refractivity contribution in [1.29, 1.82) is 0 Å². The summed E-state index contributed by atoms with van der Waals surface area (Å²) in [5, 5.41) is 5.67. The van der Waals surface area contributed by atoms with Crippen LogP contribution in [0.3, 0.4) is 0 Å². The molecule has 0 aliphatic heterocycles. The Morgan fingerprint density at radius 3 is 2.29 bits per heavy atom. The van der Waals surface area contributed by atoms with Crippen molar-refractivity contribution in [3.63, 3.8) is 0 Å². The molecule has 0 radical (unpaired) electrons. The maximum atomic E-state index is 11.7. The third-order valence-corrected chi connectivity index (χ3v) is 3.42. The van der Waals surface area contributed by atoms with Crippen LogP contribution in [0.5, 0.6) is 0 Å². The van der Waals surface area contributed by atoms with Crippen LogP contribution in [0.4, 0.5) is 5.69 Å². The first-order valence-corrected chi connectivity index (χ1v) is 6.90. The second-order valence-corrected chi connectivity index (χ2v) is 5.07. The molecular weight excluding hydrogens is 311 g/mol. The van der Waals surface area contributed by atoms with Crippen molar-refractivity contribution in [3.8, 4) is 0 Å². The van der Waals surface area contributed by atoms with Crippen LogP contribution >= 0.6 is 23.2 Å². The van der Waals surface area contributed by atoms with E-state index in [1.165, 1.54) is 6.07 Å². The van der Waals surface area contributed by atoms with Crippen LogP contribution in [0.25, 0.3) is 0 Å². The lowest BCUT2D eigenvalue weighted by atomic mass is 10.2. The molecule has 0 aromatic heterocycles. The lowest BCUT2D eigenvalue weighted by molar-refractivity contribution is -0.136. The molecule has 2 aromatic rings. The van der Waals surface area contributed by atoms with Gasteiger partial charge in [0.25, 0.3) is 0 Å². The van der Waals surface area contributed by atoms with Crippen LogP contribution in [0.1, 0.15) is 5.56 Å². The van der Waals surface area contributed by atoms with E-state index in [0.717, 1.165) is 5.56 Å². The molecule has 2 aromatic carbocycles. The van der Waals surface area contributed by atoms with E-state index in [0.29, 0.717) is 15.7 Å². The molecule has 2 amide bonds. The number of hydrogen-bond donors (Lipinski definition) is 2. The fraction of sp³-hybridized carbons (Fsp3) is 0.0667. The van der Waals surface area contributed by atoms with Gasteiger partial charge in [0.2, 0.25) is 0 Å². The number of rotatable bonds is 3. The predicted octanol–water partition coefficient (Wildman–Crippen LogP) is 3.25. The molecule has 0 atom stereocenters. The summed E-state index contributed by atoms with van der Waals surface area (Å²) in [5.74, 6) is -1.48. The van der Waals surface area contributed by atoms with E-state index in [9.17, 15) is 9.59 Å². The Kier molecular flexibility index (Phi) is 5.20. The minimum atomic E-state index is -0.760. The van der Waals surface area contributed by atoms with Crippen LogP contribution in [-0.2, 0) is 16.1 Å². The fourth-order valence-corrected chi connectivity index (χ4v) is 1.92. The zero-order chi connectivity index (χ0) is 15.2. The SMILES string of the molecule is O=C(NCc1ccccc1)C(=O)Nc1ccc(Cl)c(Cl)c1. The molecule has 0 aliphatic rings. The van der Waals surface area contributed by atoms with Crippen molar-refractivity contribution in [3.05, 3.63) is 64.1 Å². The number of hydrogen-bond acceptors (Lipinski definition) is 2. The summed E-state index contributed by atoms with van der Waals surface area (Å²) in [6.07, 6.45) is 0. The average molecular weight is 323 g/mol. The Bertz CT molecular complexity index is 660. The first kappa shape index (κ1) is 15.4. The third kappa shape index (κ3) is 4.48. The second-order valence-electron chi connectivity index (χ2n) is 4.25. The first-order chi connectivity index (χ1) is 10.1. The van der Waals surface area contributed by atoms with Crippen molar-refractivity contribution in [2.45, 2.75) is 6.54 Å². The molecule has 0 aliphatic carbocycles. The van der Waals surface area contributed by atoms with Gasteiger partial charge < -0.3 is 10.6 Å². The highest BCUT2D eigenvalue weighted by Crippen LogP contribution is 2.24. The standard InChI is InChI=1S/C15H12Cl2N2O2/c16-12-7-6-11(8-13(12)17)19-15(21)14(20)18-9-10-4-2-1-3-5-10/h1-8H,9H2,(H,18,20)(H,19,21). The Morgan fingerprint density at radius 2 is 1.62 bits per heavy atom. The molecule has 0 saturated carbocycles. The normalized spacial score (nSPS) is 10.0. The molecule has 0 saturated heterocycles. The molecule has 21 heavy (non-hydrogen) atoms. The second kappa shape index (κ2) is 7.11. The third-order valence-electron chi connectivity index (χ3n) is 2.68. The number of amides is 2. The van der Waals surface area contributed by atoms with Gasteiger partial charge in [0.05, 0.1) is 10.0 Å². The lowest BCUT2D eigenvalue weighted by Gasteiger charge is -2.07. The molecule has 0 fully saturated rings. The van der Waals surface area contributed by atoms with Crippen LogP contribution in [0.2, 0.25) is 10.0 Å². The summed E-state index contributed by atoms with van der Waals surface area (Å²) in [6, 6.07) is 13.9. The topological polar surface area (TPSA) is 58.2 Å². The van der Waals surface area contributed by atoms with Gasteiger partial charge in [0.15, 0.2) is 0 Å². The van der Waals surface area contributed by atoms with E-state index in [1.54, 1.807) is 12.1 Å². The number of anilines is 1. The molecule has 4 nitrogen and oxygen atoms in total. The fourth-order valence-electron chi connectivity index (χ4n) is 1.62. The number of carbonyl (C=O) groups excluding carboxylic acids is 2. The smallest absolute Gasteiger partial charge is 0.313 e. The van der Waals surface area contributed by atoms with E-state index in [2.05, 4.69) is 10.6 Å². The van der Waals surface area contributed by atoms with Gasteiger partial charge in [-0.15, -0.1) is 0 Å². The summed E-state index contributed by atoms with van der Waals surface area (Å²) in [6.45, 7) is 0.286. The molecule has 0 spiro atoms. The van der Waals surface area contributed by atoms with Crippen molar-refractivity contribution < 1.29 is 9.59 Å². The van der Waals surface area contributed by atoms with Gasteiger partial charge in [0.1, 0.15) is 0 Å². The molecule has 0 unspecified atom stereocenters. The van der Waals surface area contributed by atoms with E-state index in [1.807, 2.05) is 30.3 Å². The average Bonchev–Trinajstić information content (AvgIpc) is 2.49. The summed E-state index contributed by atoms with van der Waals surface area (Å²) < 4.78 is 0. The van der Waals surface area contributed by atoms with Gasteiger partial charge >= 0.3 is 11.8 Å². The zero-order valence-corrected chi connectivity index (χ0v) is 12.4. The first-order valence-electron chi connectivity index (χ1n) is 6.14.